The number of hydrogen-bond donors (Lipinski definition) is 3. The molecule has 0 spiro atoms. The number of hydrogen-bond acceptors (Lipinski definition) is 5. The van der Waals surface area contributed by atoms with Gasteiger partial charge in [-0.05, 0) is 109 Å². The van der Waals surface area contributed by atoms with E-state index in [9.17, 15) is 4.79 Å². The van der Waals surface area contributed by atoms with Crippen LogP contribution in [0.15, 0.2) is 104 Å². The first-order valence-corrected chi connectivity index (χ1v) is 13.0. The summed E-state index contributed by atoms with van der Waals surface area (Å²) in [5, 5.41) is 11.0. The standard InChI is InChI=1S/C32H27N5O/c38-31(37-25-7-5-24(6-8-25)35-26-10-13-33-14-11-26)22-2-1-3-27(16-22)36-30-12-15-34-29-9-4-23(17-28(29)30)32-18-21(19-32)20-32/h1-17,21H,18-20H2,(H,33,35)(H,34,36)(H,37,38). The van der Waals surface area contributed by atoms with Gasteiger partial charge in [0.15, 0.2) is 0 Å². The molecule has 3 aliphatic carbocycles. The second-order valence-corrected chi connectivity index (χ2v) is 10.4. The summed E-state index contributed by atoms with van der Waals surface area (Å²) in [4.78, 5) is 21.6. The summed E-state index contributed by atoms with van der Waals surface area (Å²) in [6.45, 7) is 0. The fraction of sp³-hybridized carbons (Fsp3) is 0.156. The first-order valence-electron chi connectivity index (χ1n) is 13.0. The van der Waals surface area contributed by atoms with Gasteiger partial charge in [-0.15, -0.1) is 0 Å². The van der Waals surface area contributed by atoms with Gasteiger partial charge in [0, 0.05) is 58.0 Å². The van der Waals surface area contributed by atoms with Crippen LogP contribution < -0.4 is 16.0 Å². The van der Waals surface area contributed by atoms with Gasteiger partial charge in [-0.3, -0.25) is 14.8 Å². The Bertz CT molecular complexity index is 1630. The van der Waals surface area contributed by atoms with Gasteiger partial charge in [0.1, 0.15) is 0 Å². The molecule has 3 fully saturated rings. The van der Waals surface area contributed by atoms with Crippen LogP contribution in [-0.2, 0) is 5.41 Å². The maximum absolute atomic E-state index is 13.0. The summed E-state index contributed by atoms with van der Waals surface area (Å²) in [6, 6.07) is 27.7. The molecule has 0 unspecified atom stereocenters. The van der Waals surface area contributed by atoms with Crippen LogP contribution in [0.5, 0.6) is 0 Å². The highest BCUT2D eigenvalue weighted by molar-refractivity contribution is 6.05. The molecule has 5 aromatic rings. The third kappa shape index (κ3) is 4.14. The van der Waals surface area contributed by atoms with Crippen LogP contribution in [0, 0.1) is 5.92 Å². The van der Waals surface area contributed by atoms with Crippen molar-refractivity contribution in [2.24, 2.45) is 5.92 Å². The third-order valence-corrected chi connectivity index (χ3v) is 7.91. The van der Waals surface area contributed by atoms with Gasteiger partial charge in [0.2, 0.25) is 0 Å². The number of rotatable bonds is 7. The number of carbonyl (C=O) groups is 1. The van der Waals surface area contributed by atoms with Crippen LogP contribution in [-0.4, -0.2) is 15.9 Å². The van der Waals surface area contributed by atoms with E-state index in [2.05, 4.69) is 44.1 Å². The van der Waals surface area contributed by atoms with E-state index in [1.807, 2.05) is 72.9 Å². The molecule has 2 aromatic heterocycles. The van der Waals surface area contributed by atoms with Crippen LogP contribution in [0.4, 0.5) is 28.4 Å². The maximum atomic E-state index is 13.0. The molecule has 38 heavy (non-hydrogen) atoms. The Morgan fingerprint density at radius 3 is 2.26 bits per heavy atom. The highest BCUT2D eigenvalue weighted by Crippen LogP contribution is 2.65. The zero-order valence-electron chi connectivity index (χ0n) is 20.8. The zero-order valence-corrected chi connectivity index (χ0v) is 20.8. The summed E-state index contributed by atoms with van der Waals surface area (Å²) in [7, 11) is 0. The largest absolute Gasteiger partial charge is 0.355 e. The molecule has 186 valence electrons. The number of amides is 1. The van der Waals surface area contributed by atoms with E-state index in [4.69, 9.17) is 0 Å². The van der Waals surface area contributed by atoms with Crippen LogP contribution in [0.1, 0.15) is 35.2 Å². The topological polar surface area (TPSA) is 78.9 Å². The lowest BCUT2D eigenvalue weighted by Crippen LogP contribution is -2.55. The van der Waals surface area contributed by atoms with Crippen molar-refractivity contribution in [1.82, 2.24) is 9.97 Å². The molecule has 0 radical (unpaired) electrons. The van der Waals surface area contributed by atoms with Crippen LogP contribution in [0.3, 0.4) is 0 Å². The van der Waals surface area contributed by atoms with Gasteiger partial charge in [0.05, 0.1) is 5.52 Å². The van der Waals surface area contributed by atoms with Crippen molar-refractivity contribution in [3.63, 3.8) is 0 Å². The Balaban J connectivity index is 1.07. The number of pyridine rings is 2. The van der Waals surface area contributed by atoms with E-state index in [0.717, 1.165) is 45.3 Å². The molecule has 3 N–H and O–H groups in total. The molecule has 3 aliphatic rings. The number of anilines is 5. The molecule has 3 saturated carbocycles. The van der Waals surface area contributed by atoms with Crippen molar-refractivity contribution in [3.8, 4) is 0 Å². The van der Waals surface area contributed by atoms with Crippen LogP contribution in [0.2, 0.25) is 0 Å². The average Bonchev–Trinajstić information content (AvgIpc) is 2.89. The van der Waals surface area contributed by atoms with E-state index < -0.39 is 0 Å². The fourth-order valence-electron chi connectivity index (χ4n) is 5.75. The lowest BCUT2D eigenvalue weighted by atomic mass is 9.42. The minimum atomic E-state index is -0.158. The molecule has 6 heteroatoms. The molecule has 0 atom stereocenters. The quantitative estimate of drug-likeness (QED) is 0.218. The highest BCUT2D eigenvalue weighted by atomic mass is 16.1. The molecule has 1 amide bonds. The lowest BCUT2D eigenvalue weighted by molar-refractivity contribution is -0.0272. The Morgan fingerprint density at radius 2 is 1.50 bits per heavy atom. The lowest BCUT2D eigenvalue weighted by Gasteiger charge is -2.62. The van der Waals surface area contributed by atoms with Crippen molar-refractivity contribution < 1.29 is 4.79 Å². The molecule has 6 nitrogen and oxygen atoms in total. The van der Waals surface area contributed by atoms with Crippen molar-refractivity contribution in [2.45, 2.75) is 24.7 Å². The summed E-state index contributed by atoms with van der Waals surface area (Å²) >= 11 is 0. The summed E-state index contributed by atoms with van der Waals surface area (Å²) in [6.07, 6.45) is 9.28. The van der Waals surface area contributed by atoms with Gasteiger partial charge in [0.25, 0.3) is 5.91 Å². The SMILES string of the molecule is O=C(Nc1ccc(Nc2ccncc2)cc1)c1cccc(Nc2ccnc3ccc(C45CC(C4)C5)cc23)c1. The molecule has 3 aromatic carbocycles. The second kappa shape index (κ2) is 8.99. The summed E-state index contributed by atoms with van der Waals surface area (Å²) in [5.74, 6) is 0.779. The average molecular weight is 498 g/mol. The van der Waals surface area contributed by atoms with Gasteiger partial charge >= 0.3 is 0 Å². The minimum absolute atomic E-state index is 0.158. The Kier molecular flexibility index (Phi) is 5.32. The molecule has 8 rings (SSSR count). The molecular formula is C32H27N5O. The monoisotopic (exact) mass is 497 g/mol. The maximum Gasteiger partial charge on any atom is 0.255 e. The highest BCUT2D eigenvalue weighted by Gasteiger charge is 2.57. The number of carbonyl (C=O) groups excluding carboxylic acids is 1. The number of nitrogens with zero attached hydrogens (tertiary/aromatic N) is 2. The molecular weight excluding hydrogens is 470 g/mol. The smallest absolute Gasteiger partial charge is 0.255 e. The first kappa shape index (κ1) is 22.5. The predicted molar refractivity (Wildman–Crippen MR) is 152 cm³/mol. The van der Waals surface area contributed by atoms with E-state index in [-0.39, 0.29) is 5.91 Å². The van der Waals surface area contributed by atoms with Gasteiger partial charge < -0.3 is 16.0 Å². The van der Waals surface area contributed by atoms with Gasteiger partial charge in [-0.2, -0.15) is 0 Å². The normalized spacial score (nSPS) is 19.2. The molecule has 0 aliphatic heterocycles. The summed E-state index contributed by atoms with van der Waals surface area (Å²) < 4.78 is 0. The number of benzene rings is 3. The first-order chi connectivity index (χ1) is 18.6. The Labute approximate surface area is 221 Å². The molecule has 2 heterocycles. The number of nitrogens with one attached hydrogen (secondary N) is 3. The number of aromatic nitrogens is 2. The van der Waals surface area contributed by atoms with Crippen molar-refractivity contribution >= 4 is 45.2 Å². The van der Waals surface area contributed by atoms with Crippen molar-refractivity contribution in [1.29, 1.82) is 0 Å². The molecule has 2 bridgehead atoms. The fourth-order valence-corrected chi connectivity index (χ4v) is 5.75. The number of fused-ring (bicyclic) bond motifs is 1. The van der Waals surface area contributed by atoms with Crippen molar-refractivity contribution in [2.75, 3.05) is 16.0 Å². The van der Waals surface area contributed by atoms with E-state index in [1.165, 1.54) is 24.8 Å². The summed E-state index contributed by atoms with van der Waals surface area (Å²) in [5.41, 5.74) is 7.87. The van der Waals surface area contributed by atoms with Crippen LogP contribution in [0.25, 0.3) is 10.9 Å². The van der Waals surface area contributed by atoms with Crippen LogP contribution >= 0.6 is 0 Å². The Hall–Kier alpha value is -4.71. The zero-order chi connectivity index (χ0) is 25.5. The second-order valence-electron chi connectivity index (χ2n) is 10.4. The van der Waals surface area contributed by atoms with E-state index >= 15 is 0 Å². The van der Waals surface area contributed by atoms with E-state index in [0.29, 0.717) is 11.0 Å². The van der Waals surface area contributed by atoms with E-state index in [1.54, 1.807) is 12.4 Å². The third-order valence-electron chi connectivity index (χ3n) is 7.91. The molecule has 0 saturated heterocycles. The Morgan fingerprint density at radius 1 is 0.737 bits per heavy atom. The minimum Gasteiger partial charge on any atom is -0.355 e. The van der Waals surface area contributed by atoms with Crippen molar-refractivity contribution in [3.05, 3.63) is 115 Å². The van der Waals surface area contributed by atoms with Gasteiger partial charge in [-0.25, -0.2) is 0 Å². The predicted octanol–water partition coefficient (Wildman–Crippen LogP) is 7.42. The van der Waals surface area contributed by atoms with Gasteiger partial charge in [-0.1, -0.05) is 12.1 Å².